The van der Waals surface area contributed by atoms with Crippen molar-refractivity contribution in [2.45, 2.75) is 32.6 Å². The molecule has 2 nitrogen and oxygen atoms in total. The Morgan fingerprint density at radius 3 is 2.76 bits per heavy atom. The number of nitrogens with one attached hydrogen (secondary N) is 1. The van der Waals surface area contributed by atoms with Crippen molar-refractivity contribution in [1.82, 2.24) is 4.98 Å². The molecule has 1 N–H and O–H groups in total. The molecule has 0 aliphatic carbocycles. The predicted molar refractivity (Wildman–Crippen MR) is 66.6 cm³/mol. The van der Waals surface area contributed by atoms with Crippen molar-refractivity contribution in [2.24, 2.45) is 0 Å². The molecule has 1 heterocycles. The summed E-state index contributed by atoms with van der Waals surface area (Å²) < 4.78 is 13.1. The van der Waals surface area contributed by atoms with E-state index in [-0.39, 0.29) is 17.0 Å². The highest BCUT2D eigenvalue weighted by Crippen LogP contribution is 2.33. The van der Waals surface area contributed by atoms with Gasteiger partial charge in [0, 0.05) is 23.5 Å². The molecule has 0 atom stereocenters. The van der Waals surface area contributed by atoms with E-state index in [0.29, 0.717) is 6.42 Å². The van der Waals surface area contributed by atoms with Gasteiger partial charge in [-0.05, 0) is 36.1 Å². The highest BCUT2D eigenvalue weighted by Gasteiger charge is 2.25. The Balaban J connectivity index is 2.52. The normalized spacial score (nSPS) is 12.0. The zero-order valence-corrected chi connectivity index (χ0v) is 10.3. The first-order chi connectivity index (χ1) is 7.90. The van der Waals surface area contributed by atoms with E-state index in [0.717, 1.165) is 16.5 Å². The molecule has 0 radical (unpaired) electrons. The van der Waals surface area contributed by atoms with E-state index in [9.17, 15) is 9.18 Å². The van der Waals surface area contributed by atoms with Crippen LogP contribution in [0.4, 0.5) is 4.39 Å². The second-order valence-electron chi connectivity index (χ2n) is 5.15. The Labute approximate surface area is 99.8 Å². The maximum absolute atomic E-state index is 13.1. The third-order valence-corrected chi connectivity index (χ3v) is 3.06. The first-order valence-corrected chi connectivity index (χ1v) is 5.67. The number of H-pyrrole nitrogens is 1. The average Bonchev–Trinajstić information content (AvgIpc) is 2.58. The maximum atomic E-state index is 13.1. The molecule has 0 saturated carbocycles. The summed E-state index contributed by atoms with van der Waals surface area (Å²) in [7, 11) is 0. The lowest BCUT2D eigenvalue weighted by atomic mass is 9.80. The smallest absolute Gasteiger partial charge is 0.130 e. The summed E-state index contributed by atoms with van der Waals surface area (Å²) in [6, 6.07) is 4.69. The van der Waals surface area contributed by atoms with Gasteiger partial charge in [-0.2, -0.15) is 0 Å². The standard InChI is InChI=1S/C14H16FNO/c1-9(17)7-14(2,3)12-8-16-13-6-10(15)4-5-11(12)13/h4-6,8,16H,7H2,1-3H3. The third-order valence-electron chi connectivity index (χ3n) is 3.06. The molecule has 0 aliphatic heterocycles. The minimum absolute atomic E-state index is 0.159. The second kappa shape index (κ2) is 3.99. The van der Waals surface area contributed by atoms with Gasteiger partial charge in [-0.1, -0.05) is 13.8 Å². The predicted octanol–water partition coefficient (Wildman–Crippen LogP) is 3.56. The zero-order chi connectivity index (χ0) is 12.6. The Bertz CT molecular complexity index is 569. The molecular weight excluding hydrogens is 217 g/mol. The van der Waals surface area contributed by atoms with E-state index in [4.69, 9.17) is 0 Å². The molecule has 0 spiro atoms. The fourth-order valence-corrected chi connectivity index (χ4v) is 2.38. The molecule has 90 valence electrons. The van der Waals surface area contributed by atoms with Crippen LogP contribution in [0.5, 0.6) is 0 Å². The number of halogens is 1. The number of aromatic amines is 1. The van der Waals surface area contributed by atoms with Gasteiger partial charge in [0.25, 0.3) is 0 Å². The molecule has 2 aromatic rings. The third kappa shape index (κ3) is 2.23. The number of hydrogen-bond donors (Lipinski definition) is 1. The van der Waals surface area contributed by atoms with Gasteiger partial charge in [-0.25, -0.2) is 4.39 Å². The van der Waals surface area contributed by atoms with Crippen molar-refractivity contribution < 1.29 is 9.18 Å². The van der Waals surface area contributed by atoms with Crippen LogP contribution in [0.25, 0.3) is 10.9 Å². The van der Waals surface area contributed by atoms with Crippen LogP contribution < -0.4 is 0 Å². The Morgan fingerprint density at radius 2 is 2.12 bits per heavy atom. The molecule has 1 aromatic heterocycles. The number of Topliss-reactive ketones (excluding diaryl/α,β-unsaturated/α-hetero) is 1. The quantitative estimate of drug-likeness (QED) is 0.863. The van der Waals surface area contributed by atoms with Gasteiger partial charge in [-0.15, -0.1) is 0 Å². The van der Waals surface area contributed by atoms with Crippen LogP contribution in [0.1, 0.15) is 32.8 Å². The number of fused-ring (bicyclic) bond motifs is 1. The molecule has 0 unspecified atom stereocenters. The Kier molecular flexibility index (Phi) is 2.77. The van der Waals surface area contributed by atoms with Crippen molar-refractivity contribution >= 4 is 16.7 Å². The molecule has 0 saturated heterocycles. The number of rotatable bonds is 3. The molecular formula is C14H16FNO. The van der Waals surface area contributed by atoms with Crippen LogP contribution in [0, 0.1) is 5.82 Å². The fraction of sp³-hybridized carbons (Fsp3) is 0.357. The van der Waals surface area contributed by atoms with E-state index in [1.165, 1.54) is 12.1 Å². The first kappa shape index (κ1) is 11.8. The van der Waals surface area contributed by atoms with Gasteiger partial charge in [0.1, 0.15) is 11.6 Å². The summed E-state index contributed by atoms with van der Waals surface area (Å²) in [5.41, 5.74) is 1.60. The van der Waals surface area contributed by atoms with E-state index in [1.54, 1.807) is 13.0 Å². The van der Waals surface area contributed by atoms with Crippen molar-refractivity contribution in [2.75, 3.05) is 0 Å². The summed E-state index contributed by atoms with van der Waals surface area (Å²) in [5, 5.41) is 0.984. The zero-order valence-electron chi connectivity index (χ0n) is 10.3. The Morgan fingerprint density at radius 1 is 1.41 bits per heavy atom. The van der Waals surface area contributed by atoms with Crippen molar-refractivity contribution in [3.63, 3.8) is 0 Å². The minimum Gasteiger partial charge on any atom is -0.361 e. The monoisotopic (exact) mass is 233 g/mol. The molecule has 3 heteroatoms. The van der Waals surface area contributed by atoms with Gasteiger partial charge >= 0.3 is 0 Å². The van der Waals surface area contributed by atoms with Crippen LogP contribution in [0.2, 0.25) is 0 Å². The maximum Gasteiger partial charge on any atom is 0.130 e. The molecule has 2 rings (SSSR count). The lowest BCUT2D eigenvalue weighted by Gasteiger charge is -2.22. The number of hydrogen-bond acceptors (Lipinski definition) is 1. The van der Waals surface area contributed by atoms with E-state index in [1.807, 2.05) is 20.0 Å². The summed E-state index contributed by atoms with van der Waals surface area (Å²) in [6.45, 7) is 5.65. The molecule has 0 amide bonds. The van der Waals surface area contributed by atoms with E-state index < -0.39 is 0 Å². The second-order valence-corrected chi connectivity index (χ2v) is 5.15. The lowest BCUT2D eigenvalue weighted by molar-refractivity contribution is -0.118. The molecule has 0 aliphatic rings. The minimum atomic E-state index is -0.254. The van der Waals surface area contributed by atoms with E-state index in [2.05, 4.69) is 4.98 Å². The first-order valence-electron chi connectivity index (χ1n) is 5.67. The van der Waals surface area contributed by atoms with Crippen molar-refractivity contribution in [3.05, 3.63) is 35.8 Å². The summed E-state index contributed by atoms with van der Waals surface area (Å²) in [5.74, 6) is -0.0956. The lowest BCUT2D eigenvalue weighted by Crippen LogP contribution is -2.20. The SMILES string of the molecule is CC(=O)CC(C)(C)c1c[nH]c2cc(F)ccc12. The highest BCUT2D eigenvalue weighted by atomic mass is 19.1. The van der Waals surface area contributed by atoms with Gasteiger partial charge < -0.3 is 4.98 Å². The van der Waals surface area contributed by atoms with Crippen molar-refractivity contribution in [3.8, 4) is 0 Å². The largest absolute Gasteiger partial charge is 0.361 e. The molecule has 1 aromatic carbocycles. The number of carbonyl (C=O) groups excluding carboxylic acids is 1. The molecule has 0 bridgehead atoms. The van der Waals surface area contributed by atoms with Crippen LogP contribution in [-0.2, 0) is 10.2 Å². The van der Waals surface area contributed by atoms with Crippen LogP contribution in [0.3, 0.4) is 0 Å². The van der Waals surface area contributed by atoms with Crippen LogP contribution in [-0.4, -0.2) is 10.8 Å². The van der Waals surface area contributed by atoms with E-state index >= 15 is 0 Å². The summed E-state index contributed by atoms with van der Waals surface area (Å²) >= 11 is 0. The number of aromatic nitrogens is 1. The van der Waals surface area contributed by atoms with Crippen molar-refractivity contribution in [1.29, 1.82) is 0 Å². The topological polar surface area (TPSA) is 32.9 Å². The number of benzene rings is 1. The highest BCUT2D eigenvalue weighted by molar-refractivity contribution is 5.86. The van der Waals surface area contributed by atoms with Crippen LogP contribution >= 0.6 is 0 Å². The van der Waals surface area contributed by atoms with Gasteiger partial charge in [0.15, 0.2) is 0 Å². The summed E-state index contributed by atoms with van der Waals surface area (Å²) in [4.78, 5) is 14.3. The number of carbonyl (C=O) groups is 1. The average molecular weight is 233 g/mol. The van der Waals surface area contributed by atoms with Crippen LogP contribution in [0.15, 0.2) is 24.4 Å². The Hall–Kier alpha value is -1.64. The fourth-order valence-electron chi connectivity index (χ4n) is 2.38. The van der Waals surface area contributed by atoms with Gasteiger partial charge in [0.05, 0.1) is 0 Å². The molecule has 0 fully saturated rings. The molecule has 17 heavy (non-hydrogen) atoms. The van der Waals surface area contributed by atoms with Gasteiger partial charge in [-0.3, -0.25) is 4.79 Å². The number of ketones is 1. The summed E-state index contributed by atoms with van der Waals surface area (Å²) in [6.07, 6.45) is 2.35. The van der Waals surface area contributed by atoms with Gasteiger partial charge in [0.2, 0.25) is 0 Å².